The molecule has 2 aromatic rings. The molecule has 1 aliphatic rings. The molecule has 29 heavy (non-hydrogen) atoms. The van der Waals surface area contributed by atoms with Gasteiger partial charge in [-0.3, -0.25) is 9.59 Å². The van der Waals surface area contributed by atoms with Crippen molar-refractivity contribution in [3.63, 3.8) is 0 Å². The van der Waals surface area contributed by atoms with Crippen LogP contribution >= 0.6 is 11.3 Å². The highest BCUT2D eigenvalue weighted by Gasteiger charge is 2.25. The number of halogens is 2. The molecular formula is C19H18F2N2O5S. The molecule has 0 saturated heterocycles. The monoisotopic (exact) mass is 424 g/mol. The number of carbonyl (C=O) groups is 3. The van der Waals surface area contributed by atoms with Crippen LogP contribution in [0.1, 0.15) is 44.0 Å². The van der Waals surface area contributed by atoms with Crippen LogP contribution in [0.2, 0.25) is 0 Å². The second kappa shape index (κ2) is 8.99. The third-order valence-electron chi connectivity index (χ3n) is 4.30. The molecule has 1 aromatic heterocycles. The van der Waals surface area contributed by atoms with Crippen molar-refractivity contribution >= 4 is 34.1 Å². The maximum absolute atomic E-state index is 12.3. The lowest BCUT2D eigenvalue weighted by Gasteiger charge is -2.11. The van der Waals surface area contributed by atoms with Gasteiger partial charge < -0.3 is 20.5 Å². The molecule has 0 radical (unpaired) electrons. The fourth-order valence-electron chi connectivity index (χ4n) is 3.09. The molecule has 0 fully saturated rings. The summed E-state index contributed by atoms with van der Waals surface area (Å²) in [6.07, 6.45) is 3.50. The van der Waals surface area contributed by atoms with Gasteiger partial charge in [0.2, 0.25) is 0 Å². The number of fused-ring (bicyclic) bond motifs is 1. The lowest BCUT2D eigenvalue weighted by molar-refractivity contribution is -0.119. The third kappa shape index (κ3) is 5.08. The Bertz CT molecular complexity index is 945. The van der Waals surface area contributed by atoms with Crippen molar-refractivity contribution in [2.75, 3.05) is 11.9 Å². The number of carbonyl (C=O) groups excluding carboxylic acids is 3. The Balaban J connectivity index is 1.63. The van der Waals surface area contributed by atoms with Gasteiger partial charge in [-0.2, -0.15) is 8.78 Å². The average molecular weight is 424 g/mol. The number of aryl methyl sites for hydroxylation is 1. The van der Waals surface area contributed by atoms with Crippen LogP contribution in [0.15, 0.2) is 24.3 Å². The van der Waals surface area contributed by atoms with Crippen LogP contribution in [0.25, 0.3) is 0 Å². The first-order valence-corrected chi connectivity index (χ1v) is 9.63. The van der Waals surface area contributed by atoms with Crippen molar-refractivity contribution in [2.24, 2.45) is 5.73 Å². The van der Waals surface area contributed by atoms with Crippen molar-refractivity contribution in [1.82, 2.24) is 0 Å². The first-order chi connectivity index (χ1) is 13.8. The van der Waals surface area contributed by atoms with Crippen LogP contribution in [0.5, 0.6) is 5.75 Å². The van der Waals surface area contributed by atoms with Gasteiger partial charge in [0.25, 0.3) is 11.8 Å². The first-order valence-electron chi connectivity index (χ1n) is 8.81. The number of nitrogens with two attached hydrogens (primary N) is 1. The molecule has 3 rings (SSSR count). The quantitative estimate of drug-likeness (QED) is 0.664. The molecule has 0 aliphatic heterocycles. The number of alkyl halides is 2. The molecule has 0 spiro atoms. The molecule has 1 aliphatic carbocycles. The number of esters is 1. The molecule has 154 valence electrons. The Morgan fingerprint density at radius 2 is 1.97 bits per heavy atom. The predicted octanol–water partition coefficient (Wildman–Crippen LogP) is 3.12. The van der Waals surface area contributed by atoms with E-state index in [1.165, 1.54) is 29.5 Å². The molecule has 1 aromatic carbocycles. The maximum atomic E-state index is 12.3. The van der Waals surface area contributed by atoms with Gasteiger partial charge in [0.1, 0.15) is 10.8 Å². The summed E-state index contributed by atoms with van der Waals surface area (Å²) in [5.41, 5.74) is 6.61. The molecule has 1 heterocycles. The van der Waals surface area contributed by atoms with E-state index in [0.29, 0.717) is 10.6 Å². The number of anilines is 1. The number of ether oxygens (including phenoxy) is 2. The Morgan fingerprint density at radius 3 is 2.69 bits per heavy atom. The topological polar surface area (TPSA) is 108 Å². The highest BCUT2D eigenvalue weighted by atomic mass is 32.1. The number of primary amides is 1. The molecule has 0 saturated carbocycles. The SMILES string of the molecule is NC(=O)c1c(NC(=O)COC(=O)c2cccc(OC(F)F)c2)sc2c1CCCC2. The third-order valence-corrected chi connectivity index (χ3v) is 5.51. The number of thiophene rings is 1. The van der Waals surface area contributed by atoms with Crippen LogP contribution in [0.3, 0.4) is 0 Å². The number of amides is 2. The summed E-state index contributed by atoms with van der Waals surface area (Å²) in [4.78, 5) is 37.1. The van der Waals surface area contributed by atoms with E-state index in [1.54, 1.807) is 0 Å². The van der Waals surface area contributed by atoms with Crippen LogP contribution in [0.4, 0.5) is 13.8 Å². The smallest absolute Gasteiger partial charge is 0.387 e. The predicted molar refractivity (Wildman–Crippen MR) is 101 cm³/mol. The Kier molecular flexibility index (Phi) is 6.42. The fourth-order valence-corrected chi connectivity index (χ4v) is 4.40. The van der Waals surface area contributed by atoms with E-state index in [0.717, 1.165) is 42.2 Å². The Morgan fingerprint density at radius 1 is 1.21 bits per heavy atom. The highest BCUT2D eigenvalue weighted by Crippen LogP contribution is 2.37. The molecule has 2 amide bonds. The van der Waals surface area contributed by atoms with E-state index in [-0.39, 0.29) is 11.3 Å². The van der Waals surface area contributed by atoms with Gasteiger partial charge in [-0.05, 0) is 49.4 Å². The second-order valence-electron chi connectivity index (χ2n) is 6.31. The number of rotatable bonds is 7. The van der Waals surface area contributed by atoms with Gasteiger partial charge in [-0.15, -0.1) is 11.3 Å². The van der Waals surface area contributed by atoms with Crippen LogP contribution in [-0.2, 0) is 22.4 Å². The van der Waals surface area contributed by atoms with E-state index in [4.69, 9.17) is 10.5 Å². The standard InChI is InChI=1S/C19H18F2N2O5S/c20-19(21)28-11-5-3-4-10(8-11)18(26)27-9-14(24)23-17-15(16(22)25)12-6-1-2-7-13(12)29-17/h3-5,8,19H,1-2,6-7,9H2,(H2,22,25)(H,23,24). The first kappa shape index (κ1) is 20.7. The summed E-state index contributed by atoms with van der Waals surface area (Å²) in [6.45, 7) is -3.64. The minimum Gasteiger partial charge on any atom is -0.452 e. The summed E-state index contributed by atoms with van der Waals surface area (Å²) in [5, 5.41) is 2.92. The van der Waals surface area contributed by atoms with E-state index < -0.39 is 31.0 Å². The van der Waals surface area contributed by atoms with Crippen molar-refractivity contribution in [3.05, 3.63) is 45.8 Å². The molecule has 0 unspecified atom stereocenters. The lowest BCUT2D eigenvalue weighted by Crippen LogP contribution is -2.23. The summed E-state index contributed by atoms with van der Waals surface area (Å²) in [6, 6.07) is 5.05. The van der Waals surface area contributed by atoms with Crippen LogP contribution in [-0.4, -0.2) is 31.0 Å². The van der Waals surface area contributed by atoms with Gasteiger partial charge in [0.05, 0.1) is 11.1 Å². The Hall–Kier alpha value is -3.01. The number of benzene rings is 1. The number of hydrogen-bond donors (Lipinski definition) is 2. The molecule has 0 atom stereocenters. The van der Waals surface area contributed by atoms with Gasteiger partial charge in [-0.1, -0.05) is 6.07 Å². The fraction of sp³-hybridized carbons (Fsp3) is 0.316. The summed E-state index contributed by atoms with van der Waals surface area (Å²) in [7, 11) is 0. The highest BCUT2D eigenvalue weighted by molar-refractivity contribution is 7.17. The van der Waals surface area contributed by atoms with Crippen molar-refractivity contribution in [3.8, 4) is 5.75 Å². The summed E-state index contributed by atoms with van der Waals surface area (Å²) < 4.78 is 33.7. The zero-order valence-electron chi connectivity index (χ0n) is 15.2. The molecule has 7 nitrogen and oxygen atoms in total. The molecule has 3 N–H and O–H groups in total. The summed E-state index contributed by atoms with van der Waals surface area (Å²) in [5.74, 6) is -2.33. The summed E-state index contributed by atoms with van der Waals surface area (Å²) >= 11 is 1.30. The molecule has 10 heteroatoms. The molecular weight excluding hydrogens is 406 g/mol. The number of nitrogens with one attached hydrogen (secondary N) is 1. The second-order valence-corrected chi connectivity index (χ2v) is 7.42. The number of hydrogen-bond acceptors (Lipinski definition) is 6. The van der Waals surface area contributed by atoms with Crippen molar-refractivity contribution < 1.29 is 32.6 Å². The zero-order chi connectivity index (χ0) is 21.0. The van der Waals surface area contributed by atoms with Gasteiger partial charge in [0, 0.05) is 4.88 Å². The minimum absolute atomic E-state index is 0.0413. The average Bonchev–Trinajstić information content (AvgIpc) is 3.03. The van der Waals surface area contributed by atoms with E-state index in [9.17, 15) is 23.2 Å². The van der Waals surface area contributed by atoms with Gasteiger partial charge >= 0.3 is 12.6 Å². The van der Waals surface area contributed by atoms with Crippen LogP contribution in [0, 0.1) is 0 Å². The maximum Gasteiger partial charge on any atom is 0.387 e. The van der Waals surface area contributed by atoms with Crippen molar-refractivity contribution in [2.45, 2.75) is 32.3 Å². The van der Waals surface area contributed by atoms with Crippen LogP contribution < -0.4 is 15.8 Å². The van der Waals surface area contributed by atoms with E-state index in [1.807, 2.05) is 0 Å². The van der Waals surface area contributed by atoms with E-state index >= 15 is 0 Å². The van der Waals surface area contributed by atoms with E-state index in [2.05, 4.69) is 10.1 Å². The molecule has 0 bridgehead atoms. The zero-order valence-corrected chi connectivity index (χ0v) is 16.0. The minimum atomic E-state index is -3.02. The Labute approximate surface area is 168 Å². The normalized spacial score (nSPS) is 12.9. The van der Waals surface area contributed by atoms with Crippen molar-refractivity contribution in [1.29, 1.82) is 0 Å². The van der Waals surface area contributed by atoms with Gasteiger partial charge in [-0.25, -0.2) is 4.79 Å². The lowest BCUT2D eigenvalue weighted by atomic mass is 9.95. The van der Waals surface area contributed by atoms with Gasteiger partial charge in [0.15, 0.2) is 6.61 Å². The largest absolute Gasteiger partial charge is 0.452 e.